The molecule has 0 bridgehead atoms. The zero-order chi connectivity index (χ0) is 20.6. The lowest BCUT2D eigenvalue weighted by Gasteiger charge is -2.35. The maximum Gasteiger partial charge on any atom is 0.181 e. The molecule has 0 spiro atoms. The number of rotatable bonds is 4. The summed E-state index contributed by atoms with van der Waals surface area (Å²) in [6.07, 6.45) is 0. The van der Waals surface area contributed by atoms with E-state index in [-0.39, 0.29) is 34.5 Å². The molecule has 2 aliphatic rings. The maximum atomic E-state index is 5.62. The summed E-state index contributed by atoms with van der Waals surface area (Å²) in [6, 6.07) is 0.120. The van der Waals surface area contributed by atoms with Gasteiger partial charge in [-0.25, -0.2) is 9.98 Å². The second-order valence-corrected chi connectivity index (χ2v) is 9.13. The van der Waals surface area contributed by atoms with E-state index in [1.807, 2.05) is 69.2 Å². The monoisotopic (exact) mass is 370 g/mol. The first-order valence-corrected chi connectivity index (χ1v) is 9.16. The predicted molar refractivity (Wildman–Crippen MR) is 106 cm³/mol. The molecule has 0 saturated carbocycles. The van der Waals surface area contributed by atoms with Gasteiger partial charge in [-0.2, -0.15) is 0 Å². The minimum Gasteiger partial charge on any atom is -0.473 e. The van der Waals surface area contributed by atoms with Crippen LogP contribution >= 0.6 is 0 Å². The molecular weight excluding hydrogens is 332 g/mol. The smallest absolute Gasteiger partial charge is 0.181 e. The Bertz CT molecular complexity index is 512. The fourth-order valence-corrected chi connectivity index (χ4v) is 3.81. The molecule has 0 saturated heterocycles. The molecule has 2 aliphatic heterocycles. The molecule has 26 heavy (non-hydrogen) atoms. The fraction of sp³-hybridized carbons (Fsp3) is 0.900. The van der Waals surface area contributed by atoms with Crippen LogP contribution in [0, 0.1) is 0 Å². The van der Waals surface area contributed by atoms with Gasteiger partial charge in [0.15, 0.2) is 11.8 Å². The van der Waals surface area contributed by atoms with E-state index >= 15 is 0 Å². The molecule has 2 rings (SSSR count). The summed E-state index contributed by atoms with van der Waals surface area (Å²) >= 11 is 0. The number of hydrogen-bond donors (Lipinski definition) is 0. The third-order valence-electron chi connectivity index (χ3n) is 5.13. The molecule has 0 aromatic rings. The van der Waals surface area contributed by atoms with Crippen molar-refractivity contribution in [2.24, 2.45) is 9.98 Å². The molecule has 0 aromatic heterocycles. The molecule has 6 heteroatoms. The van der Waals surface area contributed by atoms with Crippen molar-refractivity contribution < 1.29 is 18.9 Å². The Balaban J connectivity index is 0.000000260. The van der Waals surface area contributed by atoms with E-state index in [1.165, 1.54) is 0 Å². The van der Waals surface area contributed by atoms with Crippen molar-refractivity contribution in [3.63, 3.8) is 0 Å². The molecule has 6 nitrogen and oxygen atoms in total. The van der Waals surface area contributed by atoms with Crippen LogP contribution < -0.4 is 0 Å². The lowest BCUT2D eigenvalue weighted by atomic mass is 9.86. The zero-order valence-electron chi connectivity index (χ0n) is 18.7. The summed E-state index contributed by atoms with van der Waals surface area (Å²) in [6.45, 7) is 20.1. The molecule has 2 heterocycles. The summed E-state index contributed by atoms with van der Waals surface area (Å²) < 4.78 is 22.1. The molecule has 0 radical (unpaired) electrons. The summed E-state index contributed by atoms with van der Waals surface area (Å²) in [4.78, 5) is 8.91. The average Bonchev–Trinajstić information content (AvgIpc) is 2.93. The zero-order valence-corrected chi connectivity index (χ0v) is 18.7. The first-order valence-electron chi connectivity index (χ1n) is 9.16. The standard InChI is InChI=1S/2C10H19NO2/c2*1-7-11-8(9(2,3)12-6)10(4,5)13-7/h2*8H,1-6H3/t2*8-/m10/s1. The highest BCUT2D eigenvalue weighted by atomic mass is 16.5. The van der Waals surface area contributed by atoms with Gasteiger partial charge in [0.05, 0.1) is 11.2 Å². The summed E-state index contributed by atoms with van der Waals surface area (Å²) in [5.74, 6) is 1.50. The lowest BCUT2D eigenvalue weighted by Crippen LogP contribution is -2.48. The lowest BCUT2D eigenvalue weighted by molar-refractivity contribution is -0.0499. The van der Waals surface area contributed by atoms with Gasteiger partial charge in [0.1, 0.15) is 23.3 Å². The van der Waals surface area contributed by atoms with Crippen LogP contribution in [0.5, 0.6) is 0 Å². The Morgan fingerprint density at radius 2 is 1.00 bits per heavy atom. The van der Waals surface area contributed by atoms with E-state index in [9.17, 15) is 0 Å². The van der Waals surface area contributed by atoms with Crippen molar-refractivity contribution in [1.82, 2.24) is 0 Å². The van der Waals surface area contributed by atoms with E-state index < -0.39 is 0 Å². The van der Waals surface area contributed by atoms with Crippen molar-refractivity contribution in [1.29, 1.82) is 0 Å². The minimum atomic E-state index is -0.277. The van der Waals surface area contributed by atoms with Gasteiger partial charge in [-0.15, -0.1) is 0 Å². The summed E-state index contributed by atoms with van der Waals surface area (Å²) in [5.41, 5.74) is -1.07. The topological polar surface area (TPSA) is 61.6 Å². The molecule has 0 aromatic carbocycles. The van der Waals surface area contributed by atoms with Gasteiger partial charge in [0.2, 0.25) is 0 Å². The van der Waals surface area contributed by atoms with Gasteiger partial charge >= 0.3 is 0 Å². The molecule has 152 valence electrons. The Kier molecular flexibility index (Phi) is 6.58. The van der Waals surface area contributed by atoms with Crippen LogP contribution in [0.15, 0.2) is 9.98 Å². The Labute approximate surface area is 159 Å². The largest absolute Gasteiger partial charge is 0.473 e. The molecular formula is C20H38N2O4. The molecule has 0 amide bonds. The summed E-state index contributed by atoms with van der Waals surface area (Å²) in [5, 5.41) is 0. The highest BCUT2D eigenvalue weighted by molar-refractivity contribution is 5.76. The van der Waals surface area contributed by atoms with Crippen molar-refractivity contribution in [3.8, 4) is 0 Å². The molecule has 0 fully saturated rings. The quantitative estimate of drug-likeness (QED) is 0.750. The summed E-state index contributed by atoms with van der Waals surface area (Å²) in [7, 11) is 3.42. The molecule has 0 N–H and O–H groups in total. The van der Waals surface area contributed by atoms with Gasteiger partial charge in [0, 0.05) is 28.1 Å². The van der Waals surface area contributed by atoms with Crippen LogP contribution in [-0.2, 0) is 18.9 Å². The van der Waals surface area contributed by atoms with Crippen molar-refractivity contribution in [2.75, 3.05) is 14.2 Å². The van der Waals surface area contributed by atoms with Crippen LogP contribution in [0.25, 0.3) is 0 Å². The van der Waals surface area contributed by atoms with E-state index in [4.69, 9.17) is 18.9 Å². The fourth-order valence-electron chi connectivity index (χ4n) is 3.81. The average molecular weight is 371 g/mol. The minimum absolute atomic E-state index is 0.0602. The van der Waals surface area contributed by atoms with Crippen molar-refractivity contribution >= 4 is 11.8 Å². The SMILES string of the molecule is COC(C)(C)[C@@H]1N=C(C)OC1(C)C.COC(C)(C)[C@H]1N=C(C)OC1(C)C. The highest BCUT2D eigenvalue weighted by Gasteiger charge is 2.47. The Morgan fingerprint density at radius 1 is 0.731 bits per heavy atom. The maximum absolute atomic E-state index is 5.62. The number of nitrogens with zero attached hydrogens (tertiary/aromatic N) is 2. The molecule has 2 atom stereocenters. The first-order chi connectivity index (χ1) is 11.6. The van der Waals surface area contributed by atoms with Gasteiger partial charge < -0.3 is 18.9 Å². The third kappa shape index (κ3) is 4.97. The predicted octanol–water partition coefficient (Wildman–Crippen LogP) is 4.01. The van der Waals surface area contributed by atoms with Crippen LogP contribution in [-0.4, -0.2) is 60.5 Å². The highest BCUT2D eigenvalue weighted by Crippen LogP contribution is 2.35. The van der Waals surface area contributed by atoms with Crippen LogP contribution in [0.2, 0.25) is 0 Å². The van der Waals surface area contributed by atoms with Crippen LogP contribution in [0.3, 0.4) is 0 Å². The van der Waals surface area contributed by atoms with E-state index in [0.29, 0.717) is 0 Å². The number of ether oxygens (including phenoxy) is 4. The number of hydrogen-bond acceptors (Lipinski definition) is 6. The Hall–Kier alpha value is -1.14. The van der Waals surface area contributed by atoms with Gasteiger partial charge in [-0.05, 0) is 55.4 Å². The molecule has 0 unspecified atom stereocenters. The van der Waals surface area contributed by atoms with E-state index in [2.05, 4.69) is 9.98 Å². The van der Waals surface area contributed by atoms with Gasteiger partial charge in [-0.1, -0.05) is 0 Å². The number of aliphatic imine (C=N–C) groups is 2. The van der Waals surface area contributed by atoms with E-state index in [0.717, 1.165) is 11.8 Å². The molecule has 0 aliphatic carbocycles. The van der Waals surface area contributed by atoms with Crippen molar-refractivity contribution in [3.05, 3.63) is 0 Å². The van der Waals surface area contributed by atoms with Gasteiger partial charge in [0.25, 0.3) is 0 Å². The van der Waals surface area contributed by atoms with Crippen LogP contribution in [0.4, 0.5) is 0 Å². The first kappa shape index (κ1) is 22.9. The van der Waals surface area contributed by atoms with Gasteiger partial charge in [-0.3, -0.25) is 0 Å². The van der Waals surface area contributed by atoms with Crippen LogP contribution in [0.1, 0.15) is 69.2 Å². The van der Waals surface area contributed by atoms with E-state index in [1.54, 1.807) is 14.2 Å². The second-order valence-electron chi connectivity index (χ2n) is 9.13. The number of methoxy groups -OCH3 is 2. The Morgan fingerprint density at radius 3 is 1.15 bits per heavy atom. The normalized spacial score (nSPS) is 26.9. The third-order valence-corrected chi connectivity index (χ3v) is 5.13. The van der Waals surface area contributed by atoms with Crippen molar-refractivity contribution in [2.45, 2.75) is 104 Å². The second kappa shape index (κ2) is 7.47.